The van der Waals surface area contributed by atoms with Crippen LogP contribution in [-0.2, 0) is 12.0 Å². The van der Waals surface area contributed by atoms with Crippen molar-refractivity contribution in [3.8, 4) is 5.69 Å². The Morgan fingerprint density at radius 3 is 2.35 bits per heavy atom. The maximum Gasteiger partial charge on any atom is 0.130 e. The lowest BCUT2D eigenvalue weighted by Gasteiger charge is -2.14. The highest BCUT2D eigenvalue weighted by atomic mass is 15.3. The van der Waals surface area contributed by atoms with Crippen molar-refractivity contribution in [2.45, 2.75) is 32.7 Å². The van der Waals surface area contributed by atoms with E-state index < -0.39 is 0 Å². The van der Waals surface area contributed by atoms with Gasteiger partial charge in [0.2, 0.25) is 0 Å². The van der Waals surface area contributed by atoms with Gasteiger partial charge in [-0.05, 0) is 29.8 Å². The minimum absolute atomic E-state index is 0.00707. The highest BCUT2D eigenvalue weighted by Crippen LogP contribution is 2.26. The first-order valence-corrected chi connectivity index (χ1v) is 7.83. The molecular formula is C19H22N4. The molecule has 0 saturated heterocycles. The number of aromatic nitrogens is 3. The molecule has 1 aromatic carbocycles. The summed E-state index contributed by atoms with van der Waals surface area (Å²) < 4.78 is 1.97. The van der Waals surface area contributed by atoms with Gasteiger partial charge in [-0.15, -0.1) is 0 Å². The molecule has 0 amide bonds. The minimum Gasteiger partial charge on any atom is -0.366 e. The Labute approximate surface area is 137 Å². The van der Waals surface area contributed by atoms with Crippen LogP contribution in [0.25, 0.3) is 5.69 Å². The van der Waals surface area contributed by atoms with Crippen LogP contribution in [0.5, 0.6) is 0 Å². The van der Waals surface area contributed by atoms with Crippen LogP contribution in [-0.4, -0.2) is 14.8 Å². The molecule has 23 heavy (non-hydrogen) atoms. The summed E-state index contributed by atoms with van der Waals surface area (Å²) in [7, 11) is 0. The monoisotopic (exact) mass is 306 g/mol. The van der Waals surface area contributed by atoms with Crippen LogP contribution in [0.3, 0.4) is 0 Å². The van der Waals surface area contributed by atoms with Gasteiger partial charge in [-0.1, -0.05) is 39.0 Å². The second-order valence-corrected chi connectivity index (χ2v) is 6.62. The van der Waals surface area contributed by atoms with Crippen LogP contribution in [0.15, 0.2) is 60.9 Å². The molecule has 0 radical (unpaired) electrons. The highest BCUT2D eigenvalue weighted by Gasteiger charge is 2.20. The van der Waals surface area contributed by atoms with Gasteiger partial charge < -0.3 is 5.32 Å². The molecule has 0 aliphatic heterocycles. The number of hydrogen-bond donors (Lipinski definition) is 1. The number of hydrogen-bond acceptors (Lipinski definition) is 3. The smallest absolute Gasteiger partial charge is 0.130 e. The van der Waals surface area contributed by atoms with E-state index in [9.17, 15) is 0 Å². The zero-order valence-electron chi connectivity index (χ0n) is 13.8. The molecule has 2 aromatic heterocycles. The number of anilines is 1. The van der Waals surface area contributed by atoms with E-state index in [1.807, 2.05) is 47.4 Å². The maximum atomic E-state index is 4.81. The maximum absolute atomic E-state index is 4.81. The first kappa shape index (κ1) is 15.3. The molecule has 0 atom stereocenters. The number of nitrogens with zero attached hydrogens (tertiary/aromatic N) is 3. The molecule has 1 N–H and O–H groups in total. The van der Waals surface area contributed by atoms with Gasteiger partial charge in [-0.3, -0.25) is 4.98 Å². The lowest BCUT2D eigenvalue weighted by Crippen LogP contribution is -2.12. The topological polar surface area (TPSA) is 42.7 Å². The molecule has 0 saturated carbocycles. The van der Waals surface area contributed by atoms with Gasteiger partial charge >= 0.3 is 0 Å². The first-order chi connectivity index (χ1) is 11.0. The molecule has 2 heterocycles. The van der Waals surface area contributed by atoms with Gasteiger partial charge in [-0.2, -0.15) is 5.10 Å². The number of pyridine rings is 1. The summed E-state index contributed by atoms with van der Waals surface area (Å²) in [5.41, 5.74) is 3.32. The van der Waals surface area contributed by atoms with E-state index in [2.05, 4.69) is 49.3 Å². The molecule has 0 aliphatic rings. The third kappa shape index (κ3) is 3.59. The summed E-state index contributed by atoms with van der Waals surface area (Å²) in [6.07, 6.45) is 3.62. The number of benzene rings is 1. The fraction of sp³-hybridized carbons (Fsp3) is 0.263. The van der Waals surface area contributed by atoms with Crippen LogP contribution in [0.2, 0.25) is 0 Å². The molecule has 0 unspecified atom stereocenters. The van der Waals surface area contributed by atoms with Gasteiger partial charge in [0, 0.05) is 30.4 Å². The van der Waals surface area contributed by atoms with Crippen molar-refractivity contribution in [2.24, 2.45) is 0 Å². The third-order valence-corrected chi connectivity index (χ3v) is 3.70. The van der Waals surface area contributed by atoms with E-state index in [0.717, 1.165) is 23.7 Å². The summed E-state index contributed by atoms with van der Waals surface area (Å²) in [5, 5.41) is 8.30. The highest BCUT2D eigenvalue weighted by molar-refractivity contribution is 5.47. The Kier molecular flexibility index (Phi) is 4.15. The van der Waals surface area contributed by atoms with Gasteiger partial charge in [-0.25, -0.2) is 4.68 Å². The minimum atomic E-state index is 0.00707. The van der Waals surface area contributed by atoms with Crippen LogP contribution < -0.4 is 5.32 Å². The van der Waals surface area contributed by atoms with Gasteiger partial charge in [0.15, 0.2) is 0 Å². The molecule has 0 aliphatic carbocycles. The van der Waals surface area contributed by atoms with E-state index in [1.54, 1.807) is 0 Å². The Morgan fingerprint density at radius 2 is 1.70 bits per heavy atom. The number of rotatable bonds is 4. The van der Waals surface area contributed by atoms with Crippen molar-refractivity contribution in [3.63, 3.8) is 0 Å². The van der Waals surface area contributed by atoms with E-state index in [4.69, 9.17) is 5.10 Å². The Hall–Kier alpha value is -2.62. The largest absolute Gasteiger partial charge is 0.366 e. The normalized spacial score (nSPS) is 11.4. The van der Waals surface area contributed by atoms with E-state index in [-0.39, 0.29) is 5.41 Å². The number of nitrogens with one attached hydrogen (secondary N) is 1. The standard InChI is InChI=1S/C19H22N4/c1-19(2,3)17-13-18(21-14-15-9-11-20-12-10-15)23(22-17)16-7-5-4-6-8-16/h4-13,21H,14H2,1-3H3. The third-order valence-electron chi connectivity index (χ3n) is 3.70. The van der Waals surface area contributed by atoms with Crippen molar-refractivity contribution in [3.05, 3.63) is 72.2 Å². The summed E-state index contributed by atoms with van der Waals surface area (Å²) in [6, 6.07) is 16.4. The quantitative estimate of drug-likeness (QED) is 0.786. The predicted molar refractivity (Wildman–Crippen MR) is 93.8 cm³/mol. The average molecular weight is 306 g/mol. The second kappa shape index (κ2) is 6.24. The van der Waals surface area contributed by atoms with Gasteiger partial charge in [0.1, 0.15) is 5.82 Å². The molecule has 0 spiro atoms. The summed E-state index contributed by atoms with van der Waals surface area (Å²) in [4.78, 5) is 4.06. The van der Waals surface area contributed by atoms with Crippen molar-refractivity contribution in [1.82, 2.24) is 14.8 Å². The van der Waals surface area contributed by atoms with Gasteiger partial charge in [0.05, 0.1) is 11.4 Å². The fourth-order valence-corrected chi connectivity index (χ4v) is 2.33. The zero-order valence-corrected chi connectivity index (χ0v) is 13.8. The Morgan fingerprint density at radius 1 is 1.00 bits per heavy atom. The van der Waals surface area contributed by atoms with Gasteiger partial charge in [0.25, 0.3) is 0 Å². The van der Waals surface area contributed by atoms with Crippen LogP contribution in [0.1, 0.15) is 32.0 Å². The predicted octanol–water partition coefficient (Wildman–Crippen LogP) is 4.18. The second-order valence-electron chi connectivity index (χ2n) is 6.62. The number of para-hydroxylation sites is 1. The average Bonchev–Trinajstić information content (AvgIpc) is 2.99. The molecule has 3 aromatic rings. The molecule has 4 nitrogen and oxygen atoms in total. The van der Waals surface area contributed by atoms with Crippen molar-refractivity contribution in [1.29, 1.82) is 0 Å². The van der Waals surface area contributed by atoms with E-state index in [0.29, 0.717) is 0 Å². The first-order valence-electron chi connectivity index (χ1n) is 7.83. The molecule has 3 rings (SSSR count). The van der Waals surface area contributed by atoms with Crippen LogP contribution >= 0.6 is 0 Å². The lowest BCUT2D eigenvalue weighted by molar-refractivity contribution is 0.560. The molecule has 0 bridgehead atoms. The van der Waals surface area contributed by atoms with Crippen molar-refractivity contribution >= 4 is 5.82 Å². The summed E-state index contributed by atoms with van der Waals surface area (Å²) in [5.74, 6) is 0.998. The van der Waals surface area contributed by atoms with E-state index in [1.165, 1.54) is 5.56 Å². The summed E-state index contributed by atoms with van der Waals surface area (Å²) in [6.45, 7) is 7.27. The van der Waals surface area contributed by atoms with E-state index >= 15 is 0 Å². The van der Waals surface area contributed by atoms with Crippen molar-refractivity contribution < 1.29 is 0 Å². The molecule has 4 heteroatoms. The fourth-order valence-electron chi connectivity index (χ4n) is 2.33. The Bertz CT molecular complexity index is 755. The molecule has 118 valence electrons. The Balaban J connectivity index is 1.92. The molecule has 0 fully saturated rings. The van der Waals surface area contributed by atoms with Crippen LogP contribution in [0, 0.1) is 0 Å². The SMILES string of the molecule is CC(C)(C)c1cc(NCc2ccncc2)n(-c2ccccc2)n1. The van der Waals surface area contributed by atoms with Crippen molar-refractivity contribution in [2.75, 3.05) is 5.32 Å². The molecular weight excluding hydrogens is 284 g/mol. The summed E-state index contributed by atoms with van der Waals surface area (Å²) >= 11 is 0. The lowest BCUT2D eigenvalue weighted by atomic mass is 9.92. The zero-order chi connectivity index (χ0) is 16.3. The van der Waals surface area contributed by atoms with Crippen LogP contribution in [0.4, 0.5) is 5.82 Å².